The van der Waals surface area contributed by atoms with Crippen LogP contribution in [0.4, 0.5) is 13.2 Å². The zero-order valence-corrected chi connectivity index (χ0v) is 13.8. The van der Waals surface area contributed by atoms with E-state index in [0.29, 0.717) is 36.4 Å². The van der Waals surface area contributed by atoms with Crippen molar-refractivity contribution >= 4 is 17.7 Å². The smallest absolute Gasteiger partial charge is 0.414 e. The van der Waals surface area contributed by atoms with Crippen molar-refractivity contribution < 1.29 is 27.1 Å². The average molecular weight is 373 g/mol. The second kappa shape index (κ2) is 7.34. The number of halogens is 3. The Kier molecular flexibility index (Phi) is 5.16. The minimum absolute atomic E-state index is 0.0774. The molecule has 0 spiro atoms. The van der Waals surface area contributed by atoms with E-state index in [1.54, 1.807) is 4.90 Å². The van der Waals surface area contributed by atoms with E-state index in [9.17, 15) is 18.0 Å². The van der Waals surface area contributed by atoms with E-state index in [-0.39, 0.29) is 11.7 Å². The number of ether oxygens (including phenoxy) is 1. The van der Waals surface area contributed by atoms with Gasteiger partial charge in [-0.1, -0.05) is 23.9 Å². The van der Waals surface area contributed by atoms with Gasteiger partial charge >= 0.3 is 6.36 Å². The van der Waals surface area contributed by atoms with Crippen LogP contribution in [0.15, 0.2) is 33.9 Å². The molecule has 0 unspecified atom stereocenters. The Balaban J connectivity index is 1.51. The maximum Gasteiger partial charge on any atom is 0.573 e. The number of alkyl halides is 3. The van der Waals surface area contributed by atoms with Gasteiger partial charge in [-0.15, -0.1) is 23.4 Å². The molecule has 6 nitrogen and oxygen atoms in total. The normalized spacial score (nSPS) is 15.0. The molecule has 1 fully saturated rings. The second-order valence-electron chi connectivity index (χ2n) is 5.36. The van der Waals surface area contributed by atoms with Gasteiger partial charge in [0.1, 0.15) is 5.75 Å². The highest BCUT2D eigenvalue weighted by Crippen LogP contribution is 2.26. The molecule has 25 heavy (non-hydrogen) atoms. The molecule has 3 rings (SSSR count). The molecular formula is C15H14F3N3O3S. The Morgan fingerprint density at radius 3 is 2.64 bits per heavy atom. The molecule has 0 saturated carbocycles. The summed E-state index contributed by atoms with van der Waals surface area (Å²) in [6, 6.07) is 5.58. The van der Waals surface area contributed by atoms with Crippen LogP contribution in [-0.4, -0.2) is 33.9 Å². The van der Waals surface area contributed by atoms with Crippen LogP contribution < -0.4 is 4.74 Å². The van der Waals surface area contributed by atoms with Gasteiger partial charge in [-0.25, -0.2) is 0 Å². The highest BCUT2D eigenvalue weighted by Gasteiger charge is 2.31. The fourth-order valence-corrected chi connectivity index (χ4v) is 3.06. The number of aromatic nitrogens is 2. The topological polar surface area (TPSA) is 68.5 Å². The quantitative estimate of drug-likeness (QED) is 0.723. The summed E-state index contributed by atoms with van der Waals surface area (Å²) in [4.78, 5) is 13.2. The van der Waals surface area contributed by atoms with Gasteiger partial charge in [-0.05, 0) is 24.1 Å². The van der Waals surface area contributed by atoms with Crippen LogP contribution in [0.1, 0.15) is 24.3 Å². The van der Waals surface area contributed by atoms with Crippen molar-refractivity contribution in [3.63, 3.8) is 0 Å². The van der Waals surface area contributed by atoms with Gasteiger partial charge in [0.15, 0.2) is 0 Å². The predicted molar refractivity (Wildman–Crippen MR) is 81.6 cm³/mol. The van der Waals surface area contributed by atoms with Crippen molar-refractivity contribution in [1.82, 2.24) is 15.1 Å². The van der Waals surface area contributed by atoms with Gasteiger partial charge in [-0.2, -0.15) is 0 Å². The first-order valence-corrected chi connectivity index (χ1v) is 8.45. The van der Waals surface area contributed by atoms with E-state index in [2.05, 4.69) is 14.9 Å². The van der Waals surface area contributed by atoms with Crippen LogP contribution >= 0.6 is 11.8 Å². The Hall–Kier alpha value is -2.23. The Bertz CT molecular complexity index is 734. The fourth-order valence-electron chi connectivity index (χ4n) is 2.33. The monoisotopic (exact) mass is 373 g/mol. The number of amides is 1. The molecule has 2 heterocycles. The Labute approximate surface area is 145 Å². The van der Waals surface area contributed by atoms with Crippen LogP contribution in [-0.2, 0) is 17.1 Å². The zero-order valence-electron chi connectivity index (χ0n) is 13.0. The van der Waals surface area contributed by atoms with Crippen molar-refractivity contribution in [3.05, 3.63) is 35.7 Å². The number of carbonyl (C=O) groups excluding carboxylic acids is 1. The lowest BCUT2D eigenvalue weighted by Gasteiger charge is -2.11. The minimum atomic E-state index is -4.70. The first-order chi connectivity index (χ1) is 11.9. The third-order valence-corrected chi connectivity index (χ3v) is 4.35. The molecule has 0 N–H and O–H groups in total. The van der Waals surface area contributed by atoms with Crippen molar-refractivity contribution in [1.29, 1.82) is 0 Å². The Morgan fingerprint density at radius 1 is 1.24 bits per heavy atom. The van der Waals surface area contributed by atoms with Crippen LogP contribution in [0.2, 0.25) is 0 Å². The molecule has 134 valence electrons. The number of hydrogen-bond acceptors (Lipinski definition) is 6. The molecule has 0 radical (unpaired) electrons. The van der Waals surface area contributed by atoms with Gasteiger partial charge in [0.05, 0.1) is 6.54 Å². The number of benzene rings is 1. The summed E-state index contributed by atoms with van der Waals surface area (Å²) in [7, 11) is 0. The summed E-state index contributed by atoms with van der Waals surface area (Å²) < 4.78 is 45.6. The summed E-state index contributed by atoms with van der Waals surface area (Å²) in [5.74, 6) is 0.633. The van der Waals surface area contributed by atoms with Crippen molar-refractivity contribution in [3.8, 4) is 5.75 Å². The van der Waals surface area contributed by atoms with Gasteiger partial charge in [0, 0.05) is 18.7 Å². The summed E-state index contributed by atoms with van der Waals surface area (Å²) in [5.41, 5.74) is 0.786. The molecule has 2 aromatic rings. The average Bonchev–Trinajstić information content (AvgIpc) is 3.15. The van der Waals surface area contributed by atoms with E-state index in [1.165, 1.54) is 36.0 Å². The van der Waals surface area contributed by atoms with Crippen molar-refractivity contribution in [2.24, 2.45) is 0 Å². The van der Waals surface area contributed by atoms with E-state index in [4.69, 9.17) is 4.42 Å². The number of thioether (sulfide) groups is 1. The van der Waals surface area contributed by atoms with Crippen LogP contribution in [0.25, 0.3) is 0 Å². The van der Waals surface area contributed by atoms with E-state index < -0.39 is 6.36 Å². The first-order valence-electron chi connectivity index (χ1n) is 7.47. The number of nitrogens with zero attached hydrogens (tertiary/aromatic N) is 3. The molecule has 1 aliphatic heterocycles. The highest BCUT2D eigenvalue weighted by molar-refractivity contribution is 7.98. The van der Waals surface area contributed by atoms with Gasteiger partial charge < -0.3 is 14.1 Å². The van der Waals surface area contributed by atoms with E-state index >= 15 is 0 Å². The molecule has 0 bridgehead atoms. The molecule has 0 aliphatic carbocycles. The predicted octanol–water partition coefficient (Wildman–Crippen LogP) is 3.38. The third kappa shape index (κ3) is 5.12. The minimum Gasteiger partial charge on any atom is -0.414 e. The van der Waals surface area contributed by atoms with Gasteiger partial charge in [0.2, 0.25) is 11.8 Å². The van der Waals surface area contributed by atoms with E-state index in [1.807, 2.05) is 0 Å². The number of hydrogen-bond donors (Lipinski definition) is 0. The molecule has 1 aliphatic rings. The molecule has 1 aromatic carbocycles. The van der Waals surface area contributed by atoms with Crippen molar-refractivity contribution in [2.45, 2.75) is 36.7 Å². The maximum atomic E-state index is 12.1. The van der Waals surface area contributed by atoms with Gasteiger partial charge in [0.25, 0.3) is 5.22 Å². The number of rotatable bonds is 6. The lowest BCUT2D eigenvalue weighted by molar-refractivity contribution is -0.274. The summed E-state index contributed by atoms with van der Waals surface area (Å²) in [6.07, 6.45) is -3.32. The van der Waals surface area contributed by atoms with Gasteiger partial charge in [-0.3, -0.25) is 4.79 Å². The molecule has 0 atom stereocenters. The fraction of sp³-hybridized carbons (Fsp3) is 0.400. The summed E-state index contributed by atoms with van der Waals surface area (Å²) in [5, 5.41) is 8.15. The van der Waals surface area contributed by atoms with Crippen LogP contribution in [0.3, 0.4) is 0 Å². The summed E-state index contributed by atoms with van der Waals surface area (Å²) >= 11 is 1.27. The number of carbonyl (C=O) groups is 1. The molecule has 1 amide bonds. The largest absolute Gasteiger partial charge is 0.573 e. The first kappa shape index (κ1) is 17.6. The summed E-state index contributed by atoms with van der Waals surface area (Å²) in [6.45, 7) is 0.992. The Morgan fingerprint density at radius 2 is 2.00 bits per heavy atom. The van der Waals surface area contributed by atoms with E-state index in [0.717, 1.165) is 12.0 Å². The number of likely N-dealkylation sites (tertiary alicyclic amines) is 1. The standard InChI is InChI=1S/C15H14F3N3O3S/c16-15(17,18)24-11-5-3-10(4-6-11)9-25-14-20-19-12(23-14)8-21-7-1-2-13(21)22/h3-6H,1-2,7-9H2. The molecule has 10 heteroatoms. The lowest BCUT2D eigenvalue weighted by Crippen LogP contribution is -2.23. The zero-order chi connectivity index (χ0) is 17.9. The second-order valence-corrected chi connectivity index (χ2v) is 6.29. The van der Waals surface area contributed by atoms with Crippen molar-refractivity contribution in [2.75, 3.05) is 6.54 Å². The molecule has 1 saturated heterocycles. The maximum absolute atomic E-state index is 12.1. The molecule has 1 aromatic heterocycles. The third-order valence-electron chi connectivity index (χ3n) is 3.47. The SMILES string of the molecule is O=C1CCCN1Cc1nnc(SCc2ccc(OC(F)(F)F)cc2)o1. The molecular weight excluding hydrogens is 359 g/mol. The lowest BCUT2D eigenvalue weighted by atomic mass is 10.2. The van der Waals surface area contributed by atoms with Crippen LogP contribution in [0, 0.1) is 0 Å². The highest BCUT2D eigenvalue weighted by atomic mass is 32.2. The van der Waals surface area contributed by atoms with Crippen LogP contribution in [0.5, 0.6) is 5.75 Å².